The van der Waals surface area contributed by atoms with Gasteiger partial charge in [-0.2, -0.15) is 0 Å². The van der Waals surface area contributed by atoms with E-state index < -0.39 is 0 Å². The van der Waals surface area contributed by atoms with Crippen LogP contribution in [-0.2, 0) is 11.2 Å². The number of nitrogens with zero attached hydrogens (tertiary/aromatic N) is 1. The van der Waals surface area contributed by atoms with Gasteiger partial charge in [0, 0.05) is 36.6 Å². The normalized spacial score (nSPS) is 22.1. The Kier molecular flexibility index (Phi) is 3.18. The van der Waals surface area contributed by atoms with E-state index in [-0.39, 0.29) is 11.9 Å². The van der Waals surface area contributed by atoms with Crippen LogP contribution in [0.15, 0.2) is 18.2 Å². The monoisotopic (exact) mass is 263 g/mol. The second kappa shape index (κ2) is 4.82. The molecule has 1 fully saturated rings. The van der Waals surface area contributed by atoms with Gasteiger partial charge in [-0.15, -0.1) is 11.8 Å². The van der Waals surface area contributed by atoms with Crippen molar-refractivity contribution in [3.63, 3.8) is 0 Å². The van der Waals surface area contributed by atoms with E-state index in [1.54, 1.807) is 11.8 Å². The zero-order chi connectivity index (χ0) is 12.5. The van der Waals surface area contributed by atoms with Gasteiger partial charge in [-0.05, 0) is 30.2 Å². The molecule has 5 heteroatoms. The van der Waals surface area contributed by atoms with Gasteiger partial charge in [0.25, 0.3) is 0 Å². The van der Waals surface area contributed by atoms with E-state index in [1.165, 1.54) is 11.3 Å². The Morgan fingerprint density at radius 3 is 3.22 bits per heavy atom. The van der Waals surface area contributed by atoms with Crippen LogP contribution in [0.4, 0.5) is 11.4 Å². The first-order chi connectivity index (χ1) is 8.74. The van der Waals surface area contributed by atoms with Crippen LogP contribution < -0.4 is 15.5 Å². The van der Waals surface area contributed by atoms with E-state index in [4.69, 9.17) is 0 Å². The van der Waals surface area contributed by atoms with Gasteiger partial charge in [-0.25, -0.2) is 0 Å². The molecule has 96 valence electrons. The van der Waals surface area contributed by atoms with Gasteiger partial charge in [0.1, 0.15) is 0 Å². The molecule has 0 radical (unpaired) electrons. The summed E-state index contributed by atoms with van der Waals surface area (Å²) in [5.74, 6) is 1.80. The number of amides is 1. The van der Waals surface area contributed by atoms with Crippen molar-refractivity contribution in [1.82, 2.24) is 5.32 Å². The number of hydrogen-bond acceptors (Lipinski definition) is 4. The van der Waals surface area contributed by atoms with Crippen LogP contribution in [0.5, 0.6) is 0 Å². The lowest BCUT2D eigenvalue weighted by Crippen LogP contribution is -2.37. The Morgan fingerprint density at radius 2 is 2.44 bits per heavy atom. The van der Waals surface area contributed by atoms with E-state index in [9.17, 15) is 4.79 Å². The quantitative estimate of drug-likeness (QED) is 0.843. The summed E-state index contributed by atoms with van der Waals surface area (Å²) in [6, 6.07) is 6.12. The number of hydrogen-bond donors (Lipinski definition) is 2. The van der Waals surface area contributed by atoms with Gasteiger partial charge in [0.2, 0.25) is 5.91 Å². The van der Waals surface area contributed by atoms with Crippen LogP contribution in [0.2, 0.25) is 0 Å². The Bertz CT molecular complexity index is 471. The number of carbonyl (C=O) groups excluding carboxylic acids is 1. The smallest absolute Gasteiger partial charge is 0.242 e. The third-order valence-electron chi connectivity index (χ3n) is 3.51. The SMILES string of the molecule is CN1CCc2cc(NC(=O)C3CSCN3)ccc21. The van der Waals surface area contributed by atoms with Crippen molar-refractivity contribution in [2.45, 2.75) is 12.5 Å². The fourth-order valence-electron chi connectivity index (χ4n) is 2.44. The summed E-state index contributed by atoms with van der Waals surface area (Å²) >= 11 is 1.76. The Labute approximate surface area is 111 Å². The number of fused-ring (bicyclic) bond motifs is 1. The van der Waals surface area contributed by atoms with Gasteiger partial charge in [0.15, 0.2) is 0 Å². The molecule has 1 aromatic rings. The summed E-state index contributed by atoms with van der Waals surface area (Å²) in [4.78, 5) is 14.2. The van der Waals surface area contributed by atoms with Crippen LogP contribution in [0.25, 0.3) is 0 Å². The zero-order valence-corrected chi connectivity index (χ0v) is 11.2. The predicted octanol–water partition coefficient (Wildman–Crippen LogP) is 1.28. The minimum Gasteiger partial charge on any atom is -0.374 e. The number of likely N-dealkylation sites (N-methyl/N-ethyl adjacent to an activating group) is 1. The number of anilines is 2. The van der Waals surface area contributed by atoms with Crippen molar-refractivity contribution >= 4 is 29.0 Å². The Morgan fingerprint density at radius 1 is 1.56 bits per heavy atom. The summed E-state index contributed by atoms with van der Waals surface area (Å²) in [5, 5.41) is 6.17. The molecule has 0 aliphatic carbocycles. The van der Waals surface area contributed by atoms with Gasteiger partial charge < -0.3 is 10.2 Å². The molecule has 2 heterocycles. The lowest BCUT2D eigenvalue weighted by molar-refractivity contribution is -0.117. The molecule has 1 saturated heterocycles. The van der Waals surface area contributed by atoms with E-state index in [2.05, 4.69) is 34.7 Å². The topological polar surface area (TPSA) is 44.4 Å². The number of thioether (sulfide) groups is 1. The molecular formula is C13H17N3OS. The summed E-state index contributed by atoms with van der Waals surface area (Å²) in [5.41, 5.74) is 3.51. The minimum atomic E-state index is -0.0501. The average molecular weight is 263 g/mol. The van der Waals surface area contributed by atoms with E-state index in [0.29, 0.717) is 0 Å². The average Bonchev–Trinajstić information content (AvgIpc) is 2.99. The van der Waals surface area contributed by atoms with Crippen LogP contribution in [0.3, 0.4) is 0 Å². The molecule has 2 aliphatic rings. The van der Waals surface area contributed by atoms with Gasteiger partial charge >= 0.3 is 0 Å². The maximum atomic E-state index is 12.0. The van der Waals surface area contributed by atoms with Crippen molar-refractivity contribution < 1.29 is 4.79 Å². The number of nitrogens with one attached hydrogen (secondary N) is 2. The number of benzene rings is 1. The van der Waals surface area contributed by atoms with Gasteiger partial charge in [0.05, 0.1) is 6.04 Å². The Hall–Kier alpha value is -1.20. The highest BCUT2D eigenvalue weighted by Crippen LogP contribution is 2.29. The molecule has 1 aromatic carbocycles. The number of rotatable bonds is 2. The largest absolute Gasteiger partial charge is 0.374 e. The molecular weight excluding hydrogens is 246 g/mol. The van der Waals surface area contributed by atoms with Crippen LogP contribution in [0.1, 0.15) is 5.56 Å². The molecule has 1 atom stereocenters. The molecule has 1 unspecified atom stereocenters. The summed E-state index contributed by atoms with van der Waals surface area (Å²) in [6.07, 6.45) is 1.06. The summed E-state index contributed by atoms with van der Waals surface area (Å²) in [7, 11) is 2.10. The fourth-order valence-corrected chi connectivity index (χ4v) is 3.38. The lowest BCUT2D eigenvalue weighted by Gasteiger charge is -2.14. The highest BCUT2D eigenvalue weighted by Gasteiger charge is 2.23. The van der Waals surface area contributed by atoms with Crippen molar-refractivity contribution in [2.75, 3.05) is 35.4 Å². The molecule has 4 nitrogen and oxygen atoms in total. The van der Waals surface area contributed by atoms with Crippen LogP contribution in [0, 0.1) is 0 Å². The molecule has 0 spiro atoms. The van der Waals surface area contributed by atoms with Crippen LogP contribution >= 0.6 is 11.8 Å². The molecule has 0 bridgehead atoms. The van der Waals surface area contributed by atoms with E-state index in [0.717, 1.165) is 30.3 Å². The van der Waals surface area contributed by atoms with Gasteiger partial charge in [-0.3, -0.25) is 10.1 Å². The van der Waals surface area contributed by atoms with Gasteiger partial charge in [-0.1, -0.05) is 0 Å². The van der Waals surface area contributed by atoms with E-state index in [1.807, 2.05) is 6.07 Å². The maximum absolute atomic E-state index is 12.0. The van der Waals surface area contributed by atoms with Crippen molar-refractivity contribution in [3.05, 3.63) is 23.8 Å². The predicted molar refractivity (Wildman–Crippen MR) is 76.3 cm³/mol. The maximum Gasteiger partial charge on any atom is 0.242 e. The molecule has 0 aromatic heterocycles. The third kappa shape index (κ3) is 2.20. The summed E-state index contributed by atoms with van der Waals surface area (Å²) in [6.45, 7) is 1.06. The first kappa shape index (κ1) is 11.9. The standard InChI is InChI=1S/C13H17N3OS/c1-16-5-4-9-6-10(2-3-12(9)16)15-13(17)11-7-18-8-14-11/h2-3,6,11,14H,4-5,7-8H2,1H3,(H,15,17). The molecule has 0 saturated carbocycles. The molecule has 3 rings (SSSR count). The minimum absolute atomic E-state index is 0.0501. The second-order valence-electron chi connectivity index (χ2n) is 4.78. The second-order valence-corrected chi connectivity index (χ2v) is 5.81. The highest BCUT2D eigenvalue weighted by molar-refractivity contribution is 7.99. The van der Waals surface area contributed by atoms with Crippen molar-refractivity contribution in [2.24, 2.45) is 0 Å². The van der Waals surface area contributed by atoms with Crippen LogP contribution in [-0.4, -0.2) is 37.2 Å². The van der Waals surface area contributed by atoms with E-state index >= 15 is 0 Å². The fraction of sp³-hybridized carbons (Fsp3) is 0.462. The van der Waals surface area contributed by atoms with Crippen molar-refractivity contribution in [3.8, 4) is 0 Å². The molecule has 1 amide bonds. The first-order valence-corrected chi connectivity index (χ1v) is 7.35. The summed E-state index contributed by atoms with van der Waals surface area (Å²) < 4.78 is 0. The van der Waals surface area contributed by atoms with Crippen molar-refractivity contribution in [1.29, 1.82) is 0 Å². The Balaban J connectivity index is 1.72. The molecule has 2 N–H and O–H groups in total. The lowest BCUT2D eigenvalue weighted by atomic mass is 10.1. The zero-order valence-electron chi connectivity index (χ0n) is 10.4. The first-order valence-electron chi connectivity index (χ1n) is 6.20. The molecule has 2 aliphatic heterocycles. The molecule has 18 heavy (non-hydrogen) atoms. The number of carbonyl (C=O) groups is 1. The third-order valence-corrected chi connectivity index (χ3v) is 4.45. The highest BCUT2D eigenvalue weighted by atomic mass is 32.2.